The number of hydrogen-bond donors (Lipinski definition) is 1. The van der Waals surface area contributed by atoms with E-state index in [1.165, 1.54) is 0 Å². The van der Waals surface area contributed by atoms with E-state index in [1.54, 1.807) is 11.0 Å². The van der Waals surface area contributed by atoms with Crippen LogP contribution in [-0.4, -0.2) is 34.6 Å². The Kier molecular flexibility index (Phi) is 1.39. The minimum atomic E-state index is -1.71. The Morgan fingerprint density at radius 2 is 2.17 bits per heavy atom. The van der Waals surface area contributed by atoms with E-state index in [0.29, 0.717) is 13.1 Å². The van der Waals surface area contributed by atoms with Crippen LogP contribution in [0.25, 0.3) is 0 Å². The highest BCUT2D eigenvalue weighted by molar-refractivity contribution is 5.90. The molecular formula is C8H10N2O2. The van der Waals surface area contributed by atoms with E-state index in [0.717, 1.165) is 12.8 Å². The highest BCUT2D eigenvalue weighted by Gasteiger charge is 2.53. The van der Waals surface area contributed by atoms with Crippen molar-refractivity contribution in [2.75, 3.05) is 13.1 Å². The third-order valence-electron chi connectivity index (χ3n) is 2.87. The molecule has 2 bridgehead atoms. The molecule has 1 atom stereocenters. The molecule has 1 unspecified atom stereocenters. The summed E-state index contributed by atoms with van der Waals surface area (Å²) in [6, 6.07) is 1.73. The lowest BCUT2D eigenvalue weighted by atomic mass is 9.76. The Bertz CT molecular complexity index is 263. The third-order valence-corrected chi connectivity index (χ3v) is 2.87. The summed E-state index contributed by atoms with van der Waals surface area (Å²) in [5, 5.41) is 18.4. The number of piperidine rings is 3. The maximum absolute atomic E-state index is 11.4. The molecular weight excluding hydrogens is 156 g/mol. The van der Waals surface area contributed by atoms with Gasteiger partial charge in [-0.05, 0) is 12.8 Å². The molecule has 0 radical (unpaired) electrons. The van der Waals surface area contributed by atoms with Crippen molar-refractivity contribution in [1.82, 2.24) is 4.90 Å². The molecule has 0 aliphatic carbocycles. The first kappa shape index (κ1) is 7.56. The van der Waals surface area contributed by atoms with Gasteiger partial charge < -0.3 is 10.0 Å². The SMILES string of the molecule is N#CC1(O)C(=O)N2CCC1CC2. The van der Waals surface area contributed by atoms with E-state index in [1.807, 2.05) is 0 Å². The number of fused-ring (bicyclic) bond motifs is 3. The van der Waals surface area contributed by atoms with Crippen molar-refractivity contribution in [3.05, 3.63) is 0 Å². The molecule has 3 heterocycles. The molecule has 0 aromatic rings. The van der Waals surface area contributed by atoms with Crippen molar-refractivity contribution < 1.29 is 9.90 Å². The number of hydrogen-bond acceptors (Lipinski definition) is 3. The first-order valence-corrected chi connectivity index (χ1v) is 4.11. The monoisotopic (exact) mass is 166 g/mol. The van der Waals surface area contributed by atoms with Crippen LogP contribution in [-0.2, 0) is 4.79 Å². The topological polar surface area (TPSA) is 64.3 Å². The van der Waals surface area contributed by atoms with Gasteiger partial charge in [0.2, 0.25) is 5.60 Å². The minimum Gasteiger partial charge on any atom is -0.368 e. The van der Waals surface area contributed by atoms with Gasteiger partial charge >= 0.3 is 0 Å². The van der Waals surface area contributed by atoms with E-state index in [-0.39, 0.29) is 5.92 Å². The summed E-state index contributed by atoms with van der Waals surface area (Å²) in [4.78, 5) is 13.0. The number of carbonyl (C=O) groups is 1. The molecule has 0 aromatic carbocycles. The molecule has 4 nitrogen and oxygen atoms in total. The van der Waals surface area contributed by atoms with Gasteiger partial charge in [-0.3, -0.25) is 4.79 Å². The summed E-state index contributed by atoms with van der Waals surface area (Å²) in [5.41, 5.74) is -1.71. The molecule has 1 N–H and O–H groups in total. The van der Waals surface area contributed by atoms with E-state index >= 15 is 0 Å². The zero-order valence-electron chi connectivity index (χ0n) is 6.66. The van der Waals surface area contributed by atoms with Crippen LogP contribution in [0.3, 0.4) is 0 Å². The van der Waals surface area contributed by atoms with Gasteiger partial charge in [0.1, 0.15) is 6.07 Å². The van der Waals surface area contributed by atoms with E-state index in [4.69, 9.17) is 5.26 Å². The summed E-state index contributed by atoms with van der Waals surface area (Å²) < 4.78 is 0. The molecule has 0 spiro atoms. The second kappa shape index (κ2) is 2.20. The van der Waals surface area contributed by atoms with Crippen LogP contribution in [0.5, 0.6) is 0 Å². The smallest absolute Gasteiger partial charge is 0.269 e. The van der Waals surface area contributed by atoms with Gasteiger partial charge in [0, 0.05) is 19.0 Å². The number of rotatable bonds is 0. The van der Waals surface area contributed by atoms with Crippen LogP contribution in [0.15, 0.2) is 0 Å². The van der Waals surface area contributed by atoms with Crippen LogP contribution >= 0.6 is 0 Å². The summed E-state index contributed by atoms with van der Waals surface area (Å²) in [6.07, 6.45) is 1.52. The van der Waals surface area contributed by atoms with Crippen molar-refractivity contribution in [3.63, 3.8) is 0 Å². The standard InChI is InChI=1S/C8H10N2O2/c9-5-8(12)6-1-3-10(4-2-6)7(8)11/h6,12H,1-4H2. The van der Waals surface area contributed by atoms with Crippen molar-refractivity contribution in [2.45, 2.75) is 18.4 Å². The highest BCUT2D eigenvalue weighted by atomic mass is 16.3. The molecule has 4 heteroatoms. The Labute approximate surface area is 70.4 Å². The first-order valence-electron chi connectivity index (χ1n) is 4.11. The molecule has 12 heavy (non-hydrogen) atoms. The van der Waals surface area contributed by atoms with Crippen LogP contribution in [0.1, 0.15) is 12.8 Å². The van der Waals surface area contributed by atoms with Gasteiger partial charge in [-0.15, -0.1) is 0 Å². The van der Waals surface area contributed by atoms with Gasteiger partial charge in [-0.2, -0.15) is 5.26 Å². The zero-order chi connectivity index (χ0) is 8.77. The third kappa shape index (κ3) is 0.718. The van der Waals surface area contributed by atoms with Crippen molar-refractivity contribution in [1.29, 1.82) is 5.26 Å². The summed E-state index contributed by atoms with van der Waals surface area (Å²) in [7, 11) is 0. The second-order valence-corrected chi connectivity index (χ2v) is 3.44. The minimum absolute atomic E-state index is 0.139. The van der Waals surface area contributed by atoms with Crippen molar-refractivity contribution in [2.24, 2.45) is 5.92 Å². The predicted molar refractivity (Wildman–Crippen MR) is 39.9 cm³/mol. The summed E-state index contributed by atoms with van der Waals surface area (Å²) in [5.74, 6) is -0.535. The second-order valence-electron chi connectivity index (χ2n) is 3.44. The Morgan fingerprint density at radius 1 is 1.58 bits per heavy atom. The summed E-state index contributed by atoms with van der Waals surface area (Å²) >= 11 is 0. The Hall–Kier alpha value is -1.08. The fraction of sp³-hybridized carbons (Fsp3) is 0.750. The molecule has 1 amide bonds. The zero-order valence-corrected chi connectivity index (χ0v) is 6.66. The quantitative estimate of drug-likeness (QED) is 0.493. The first-order chi connectivity index (χ1) is 5.68. The van der Waals surface area contributed by atoms with Crippen LogP contribution in [0, 0.1) is 17.2 Å². The Balaban J connectivity index is 2.37. The van der Waals surface area contributed by atoms with Gasteiger partial charge in [0.25, 0.3) is 5.91 Å². The average molecular weight is 166 g/mol. The number of nitrogens with zero attached hydrogens (tertiary/aromatic N) is 2. The van der Waals surface area contributed by atoms with Gasteiger partial charge in [-0.25, -0.2) is 0 Å². The molecule has 64 valence electrons. The lowest BCUT2D eigenvalue weighted by Gasteiger charge is -2.45. The number of nitriles is 1. The molecule has 3 aliphatic rings. The van der Waals surface area contributed by atoms with Crippen molar-refractivity contribution >= 4 is 5.91 Å². The number of carbonyl (C=O) groups excluding carboxylic acids is 1. The van der Waals surface area contributed by atoms with E-state index in [9.17, 15) is 9.90 Å². The Morgan fingerprint density at radius 3 is 2.50 bits per heavy atom. The fourth-order valence-corrected chi connectivity index (χ4v) is 2.06. The molecule has 3 aliphatic heterocycles. The largest absolute Gasteiger partial charge is 0.368 e. The lowest BCUT2D eigenvalue weighted by molar-refractivity contribution is -0.164. The lowest BCUT2D eigenvalue weighted by Crippen LogP contribution is -2.62. The molecule has 0 saturated carbocycles. The number of amides is 1. The normalized spacial score (nSPS) is 39.8. The predicted octanol–water partition coefficient (Wildman–Crippen LogP) is -0.507. The van der Waals surface area contributed by atoms with E-state index in [2.05, 4.69) is 0 Å². The van der Waals surface area contributed by atoms with Gasteiger partial charge in [-0.1, -0.05) is 0 Å². The van der Waals surface area contributed by atoms with Crippen LogP contribution in [0.4, 0.5) is 0 Å². The van der Waals surface area contributed by atoms with Crippen molar-refractivity contribution in [3.8, 4) is 6.07 Å². The van der Waals surface area contributed by atoms with Crippen LogP contribution in [0.2, 0.25) is 0 Å². The molecule has 0 aromatic heterocycles. The number of aliphatic hydroxyl groups is 1. The maximum atomic E-state index is 11.4. The molecule has 3 saturated heterocycles. The average Bonchev–Trinajstić information content (AvgIpc) is 2.14. The molecule has 3 fully saturated rings. The van der Waals surface area contributed by atoms with Crippen LogP contribution < -0.4 is 0 Å². The van der Waals surface area contributed by atoms with Gasteiger partial charge in [0.05, 0.1) is 0 Å². The fourth-order valence-electron chi connectivity index (χ4n) is 2.06. The molecule has 3 rings (SSSR count). The van der Waals surface area contributed by atoms with E-state index < -0.39 is 11.5 Å². The van der Waals surface area contributed by atoms with Gasteiger partial charge in [0.15, 0.2) is 0 Å². The highest BCUT2D eigenvalue weighted by Crippen LogP contribution is 2.35. The summed E-state index contributed by atoms with van der Waals surface area (Å²) in [6.45, 7) is 1.40. The maximum Gasteiger partial charge on any atom is 0.269 e.